The molecule has 0 aromatic carbocycles. The number of likely N-dealkylation sites (tertiary alicyclic amines) is 1. The number of hydrogen-bond acceptors (Lipinski definition) is 4. The second kappa shape index (κ2) is 5.22. The minimum atomic E-state index is -0.259. The van der Waals surface area contributed by atoms with Crippen molar-refractivity contribution in [3.05, 3.63) is 0 Å². The van der Waals surface area contributed by atoms with Crippen molar-refractivity contribution in [3.8, 4) is 0 Å². The van der Waals surface area contributed by atoms with Crippen LogP contribution in [-0.2, 0) is 14.2 Å². The zero-order chi connectivity index (χ0) is 11.6. The lowest BCUT2D eigenvalue weighted by molar-refractivity contribution is -0.189. The molecule has 1 unspecified atom stereocenters. The Balaban J connectivity index is 1.46. The lowest BCUT2D eigenvalue weighted by Crippen LogP contribution is -2.49. The van der Waals surface area contributed by atoms with Crippen molar-refractivity contribution in [3.63, 3.8) is 0 Å². The maximum atomic E-state index is 5.79. The first-order valence-electron chi connectivity index (χ1n) is 6.94. The highest BCUT2D eigenvalue weighted by Gasteiger charge is 2.40. The lowest BCUT2D eigenvalue weighted by atomic mass is 10.0. The van der Waals surface area contributed by atoms with Gasteiger partial charge in [0, 0.05) is 19.6 Å². The van der Waals surface area contributed by atoms with E-state index < -0.39 is 0 Å². The van der Waals surface area contributed by atoms with Crippen LogP contribution in [0.15, 0.2) is 0 Å². The molecule has 0 amide bonds. The van der Waals surface area contributed by atoms with E-state index in [9.17, 15) is 0 Å². The van der Waals surface area contributed by atoms with Gasteiger partial charge in [-0.15, -0.1) is 0 Å². The van der Waals surface area contributed by atoms with Crippen LogP contribution in [-0.4, -0.2) is 56.7 Å². The monoisotopic (exact) mass is 241 g/mol. The van der Waals surface area contributed by atoms with Gasteiger partial charge in [-0.25, -0.2) is 0 Å². The fourth-order valence-electron chi connectivity index (χ4n) is 3.17. The molecule has 17 heavy (non-hydrogen) atoms. The molecule has 3 fully saturated rings. The van der Waals surface area contributed by atoms with Crippen LogP contribution in [0.1, 0.15) is 25.7 Å². The molecule has 3 rings (SSSR count). The van der Waals surface area contributed by atoms with Crippen molar-refractivity contribution in [1.82, 2.24) is 4.90 Å². The first-order valence-corrected chi connectivity index (χ1v) is 6.94. The Hall–Kier alpha value is -0.160. The minimum absolute atomic E-state index is 0.259. The van der Waals surface area contributed by atoms with E-state index in [0.29, 0.717) is 0 Å². The van der Waals surface area contributed by atoms with E-state index in [-0.39, 0.29) is 5.79 Å². The Kier molecular flexibility index (Phi) is 3.66. The van der Waals surface area contributed by atoms with Crippen LogP contribution in [0.25, 0.3) is 0 Å². The predicted octanol–water partition coefficient (Wildman–Crippen LogP) is 1.25. The van der Waals surface area contributed by atoms with Crippen molar-refractivity contribution in [2.24, 2.45) is 5.92 Å². The van der Waals surface area contributed by atoms with Crippen LogP contribution in [0.5, 0.6) is 0 Å². The second-order valence-corrected chi connectivity index (χ2v) is 5.51. The zero-order valence-electron chi connectivity index (χ0n) is 10.5. The third-order valence-electron chi connectivity index (χ3n) is 4.19. The third kappa shape index (κ3) is 2.81. The molecule has 0 N–H and O–H groups in total. The van der Waals surface area contributed by atoms with Crippen molar-refractivity contribution in [2.75, 3.05) is 46.1 Å². The zero-order valence-corrected chi connectivity index (χ0v) is 10.5. The Labute approximate surface area is 103 Å². The van der Waals surface area contributed by atoms with E-state index in [2.05, 4.69) is 4.90 Å². The maximum Gasteiger partial charge on any atom is 0.181 e. The van der Waals surface area contributed by atoms with Crippen LogP contribution in [0, 0.1) is 5.92 Å². The van der Waals surface area contributed by atoms with Gasteiger partial charge in [-0.05, 0) is 38.3 Å². The van der Waals surface area contributed by atoms with Crippen molar-refractivity contribution in [2.45, 2.75) is 31.5 Å². The second-order valence-electron chi connectivity index (χ2n) is 5.51. The molecule has 0 saturated carbocycles. The molecule has 1 spiro atoms. The van der Waals surface area contributed by atoms with Crippen molar-refractivity contribution < 1.29 is 14.2 Å². The van der Waals surface area contributed by atoms with Gasteiger partial charge in [0.25, 0.3) is 0 Å². The molecule has 3 aliphatic rings. The van der Waals surface area contributed by atoms with E-state index in [1.807, 2.05) is 0 Å². The molecule has 3 heterocycles. The van der Waals surface area contributed by atoms with Crippen LogP contribution >= 0.6 is 0 Å². The van der Waals surface area contributed by atoms with E-state index in [4.69, 9.17) is 14.2 Å². The van der Waals surface area contributed by atoms with E-state index in [0.717, 1.165) is 45.3 Å². The number of nitrogens with zero attached hydrogens (tertiary/aromatic N) is 1. The largest absolute Gasteiger partial charge is 0.381 e. The minimum Gasteiger partial charge on any atom is -0.381 e. The third-order valence-corrected chi connectivity index (χ3v) is 4.19. The van der Waals surface area contributed by atoms with Gasteiger partial charge >= 0.3 is 0 Å². The van der Waals surface area contributed by atoms with Gasteiger partial charge in [-0.2, -0.15) is 0 Å². The molecule has 3 aliphatic heterocycles. The predicted molar refractivity (Wildman–Crippen MR) is 63.9 cm³/mol. The van der Waals surface area contributed by atoms with Crippen LogP contribution < -0.4 is 0 Å². The molecule has 98 valence electrons. The van der Waals surface area contributed by atoms with Gasteiger partial charge in [-0.1, -0.05) is 0 Å². The van der Waals surface area contributed by atoms with Crippen LogP contribution in [0.3, 0.4) is 0 Å². The molecule has 3 saturated heterocycles. The Morgan fingerprint density at radius 2 is 2.06 bits per heavy atom. The Morgan fingerprint density at radius 3 is 2.82 bits per heavy atom. The molecule has 1 atom stereocenters. The van der Waals surface area contributed by atoms with E-state index >= 15 is 0 Å². The summed E-state index contributed by atoms with van der Waals surface area (Å²) in [7, 11) is 0. The van der Waals surface area contributed by atoms with E-state index in [1.165, 1.54) is 32.4 Å². The van der Waals surface area contributed by atoms with E-state index in [1.54, 1.807) is 0 Å². The molecule has 4 heteroatoms. The lowest BCUT2D eigenvalue weighted by Gasteiger charge is -2.38. The molecule has 0 radical (unpaired) electrons. The quantitative estimate of drug-likeness (QED) is 0.744. The van der Waals surface area contributed by atoms with Gasteiger partial charge in [0.15, 0.2) is 5.79 Å². The number of hydrogen-bond donors (Lipinski definition) is 0. The first-order chi connectivity index (χ1) is 8.36. The van der Waals surface area contributed by atoms with Gasteiger partial charge in [-0.3, -0.25) is 4.90 Å². The van der Waals surface area contributed by atoms with Crippen molar-refractivity contribution >= 4 is 0 Å². The average Bonchev–Trinajstić information content (AvgIpc) is 2.99. The topological polar surface area (TPSA) is 30.9 Å². The van der Waals surface area contributed by atoms with Gasteiger partial charge < -0.3 is 14.2 Å². The summed E-state index contributed by atoms with van der Waals surface area (Å²) in [6.07, 6.45) is 4.76. The SMILES string of the molecule is C1CN(CCC2CCOC2)CC2(C1)OCCO2. The molecule has 0 aromatic rings. The number of rotatable bonds is 3. The summed E-state index contributed by atoms with van der Waals surface area (Å²) in [5.74, 6) is 0.517. The highest BCUT2D eigenvalue weighted by molar-refractivity contribution is 4.84. The normalized spacial score (nSPS) is 33.5. The highest BCUT2D eigenvalue weighted by atomic mass is 16.7. The van der Waals surface area contributed by atoms with Crippen LogP contribution in [0.4, 0.5) is 0 Å². The van der Waals surface area contributed by atoms with Gasteiger partial charge in [0.1, 0.15) is 0 Å². The smallest absolute Gasteiger partial charge is 0.181 e. The standard InChI is InChI=1S/C13H23NO3/c1-4-13(16-8-9-17-13)11-14(5-1)6-2-12-3-7-15-10-12/h12H,1-11H2. The fraction of sp³-hybridized carbons (Fsp3) is 1.00. The summed E-state index contributed by atoms with van der Waals surface area (Å²) in [5.41, 5.74) is 0. The van der Waals surface area contributed by atoms with Gasteiger partial charge in [0.2, 0.25) is 0 Å². The summed E-state index contributed by atoms with van der Waals surface area (Å²) in [4.78, 5) is 2.51. The number of ether oxygens (including phenoxy) is 3. The first kappa shape index (κ1) is 11.9. The average molecular weight is 241 g/mol. The fourth-order valence-corrected chi connectivity index (χ4v) is 3.17. The van der Waals surface area contributed by atoms with Gasteiger partial charge in [0.05, 0.1) is 19.8 Å². The maximum absolute atomic E-state index is 5.79. The summed E-state index contributed by atoms with van der Waals surface area (Å²) < 4.78 is 17.0. The molecule has 0 aliphatic carbocycles. The van der Waals surface area contributed by atoms with Crippen LogP contribution in [0.2, 0.25) is 0 Å². The highest BCUT2D eigenvalue weighted by Crippen LogP contribution is 2.30. The summed E-state index contributed by atoms with van der Waals surface area (Å²) in [5, 5.41) is 0. The molecule has 4 nitrogen and oxygen atoms in total. The Bertz CT molecular complexity index is 247. The van der Waals surface area contributed by atoms with Crippen molar-refractivity contribution in [1.29, 1.82) is 0 Å². The Morgan fingerprint density at radius 1 is 1.18 bits per heavy atom. The summed E-state index contributed by atoms with van der Waals surface area (Å²) in [6.45, 7) is 6.78. The molecular formula is C13H23NO3. The summed E-state index contributed by atoms with van der Waals surface area (Å²) in [6, 6.07) is 0. The summed E-state index contributed by atoms with van der Waals surface area (Å²) >= 11 is 0. The molecule has 0 bridgehead atoms. The number of piperidine rings is 1. The molecule has 0 aromatic heterocycles. The molecular weight excluding hydrogens is 218 g/mol.